The molecule has 2 nitrogen and oxygen atoms in total. The molecule has 0 amide bonds. The van der Waals surface area contributed by atoms with Crippen LogP contribution in [0.5, 0.6) is 0 Å². The van der Waals surface area contributed by atoms with Crippen LogP contribution in [0.3, 0.4) is 0 Å². The minimum absolute atomic E-state index is 0.0505. The van der Waals surface area contributed by atoms with Crippen LogP contribution in [0.4, 0.5) is 105 Å². The number of carbonyl (C=O) groups is 1. The molecule has 0 atom stereocenters. The lowest BCUT2D eigenvalue weighted by atomic mass is 9.12. The lowest BCUT2D eigenvalue weighted by molar-refractivity contribution is -0.688. The lowest BCUT2D eigenvalue weighted by Gasteiger charge is -2.46. The van der Waals surface area contributed by atoms with E-state index in [1.54, 1.807) is 0 Å². The molecule has 0 N–H and O–H groups in total. The molecule has 0 saturated heterocycles. The highest BCUT2D eigenvalue weighted by Gasteiger charge is 2.47. The molecule has 0 aliphatic heterocycles. The number of pyridine rings is 1. The van der Waals surface area contributed by atoms with Gasteiger partial charge in [-0.25, -0.2) is 0 Å². The zero-order valence-corrected chi connectivity index (χ0v) is 42.5. The largest absolute Gasteiger partial charge is 0.416 e. The quantitative estimate of drug-likeness (QED) is 0.0643. The maximum Gasteiger partial charge on any atom is 0.416 e. The van der Waals surface area contributed by atoms with Crippen LogP contribution in [0.25, 0.3) is 21.5 Å². The molecule has 9 aromatic rings. The first-order valence-corrected chi connectivity index (χ1v) is 24.4. The van der Waals surface area contributed by atoms with E-state index in [0.29, 0.717) is 6.54 Å². The van der Waals surface area contributed by atoms with E-state index in [4.69, 9.17) is 0 Å². The number of aromatic nitrogens is 1. The van der Waals surface area contributed by atoms with Gasteiger partial charge < -0.3 is 0 Å². The second-order valence-corrected chi connectivity index (χ2v) is 19.4. The SMILES string of the molecule is FC(F)(F)c1cc([B-](c2cc(C(F)(F)F)cc(C(F)(F)F)c2)(c2cc(C(F)(F)F)cc(C(F)(F)F)c2)c2cc(C(F)(F)F)cc(C(F)(F)F)c2)cc(C(F)(F)F)c1.O=C(c1cccc2ccccc12)c1c2ccccc2cc[n+]1Cc1ccccc1. The lowest BCUT2D eigenvalue weighted by Crippen LogP contribution is -2.75. The van der Waals surface area contributed by atoms with Crippen molar-refractivity contribution in [2.24, 2.45) is 0 Å². The zero-order chi connectivity index (χ0) is 63.5. The topological polar surface area (TPSA) is 20.9 Å². The molecule has 8 aromatic carbocycles. The van der Waals surface area contributed by atoms with E-state index in [1.807, 2.05) is 85.1 Å². The highest BCUT2D eigenvalue weighted by atomic mass is 19.4. The van der Waals surface area contributed by atoms with Crippen LogP contribution in [-0.2, 0) is 56.0 Å². The first-order chi connectivity index (χ1) is 39.6. The van der Waals surface area contributed by atoms with Crippen LogP contribution in [0.2, 0.25) is 0 Å². The minimum Gasteiger partial charge on any atom is -0.282 e. The third-order valence-electron chi connectivity index (χ3n) is 13.8. The third-order valence-corrected chi connectivity index (χ3v) is 13.8. The minimum atomic E-state index is -6.13. The number of nitrogens with zero attached hydrogens (tertiary/aromatic N) is 1. The van der Waals surface area contributed by atoms with Crippen molar-refractivity contribution in [2.75, 3.05) is 0 Å². The van der Waals surface area contributed by atoms with Crippen molar-refractivity contribution < 1.29 is 115 Å². The molecule has 0 fully saturated rings. The van der Waals surface area contributed by atoms with Gasteiger partial charge in [0.25, 0.3) is 11.5 Å². The second kappa shape index (κ2) is 22.4. The van der Waals surface area contributed by atoms with Crippen LogP contribution in [0.1, 0.15) is 66.1 Å². The van der Waals surface area contributed by atoms with Gasteiger partial charge in [-0.1, -0.05) is 140 Å². The number of halogens is 24. The summed E-state index contributed by atoms with van der Waals surface area (Å²) in [4.78, 5) is 13.9. The van der Waals surface area contributed by atoms with Gasteiger partial charge in [-0.2, -0.15) is 132 Å². The first kappa shape index (κ1) is 63.5. The molecule has 9 rings (SSSR count). The maximum absolute atomic E-state index is 14.2. The summed E-state index contributed by atoms with van der Waals surface area (Å²) < 4.78 is 343. The highest BCUT2D eigenvalue weighted by Crippen LogP contribution is 2.42. The molecule has 1 heterocycles. The molecule has 450 valence electrons. The van der Waals surface area contributed by atoms with Gasteiger partial charge in [0.15, 0.2) is 12.7 Å². The molecule has 0 spiro atoms. The number of ketones is 1. The Morgan fingerprint density at radius 2 is 0.593 bits per heavy atom. The average Bonchev–Trinajstić information content (AvgIpc) is 0.735. The first-order valence-electron chi connectivity index (χ1n) is 24.4. The summed E-state index contributed by atoms with van der Waals surface area (Å²) >= 11 is 0. The Morgan fingerprint density at radius 3 is 0.919 bits per heavy atom. The van der Waals surface area contributed by atoms with E-state index in [1.165, 1.54) is 5.56 Å². The summed E-state index contributed by atoms with van der Waals surface area (Å²) in [6, 6.07) is 25.6. The smallest absolute Gasteiger partial charge is 0.282 e. The van der Waals surface area contributed by atoms with Gasteiger partial charge in [-0.05, 0) is 46.5 Å². The summed E-state index contributed by atoms with van der Waals surface area (Å²) in [5, 5.41) is 4.11. The zero-order valence-electron chi connectivity index (χ0n) is 42.5. The Balaban J connectivity index is 0.000000274. The molecule has 86 heavy (non-hydrogen) atoms. The van der Waals surface area contributed by atoms with Crippen molar-refractivity contribution in [1.82, 2.24) is 0 Å². The Labute approximate surface area is 468 Å². The van der Waals surface area contributed by atoms with E-state index in [-0.39, 0.29) is 5.78 Å². The summed E-state index contributed by atoms with van der Waals surface area (Å²) in [7, 11) is 0. The van der Waals surface area contributed by atoms with Crippen molar-refractivity contribution in [3.8, 4) is 0 Å². The summed E-state index contributed by atoms with van der Waals surface area (Å²) in [5.74, 6) is 0.0505. The Bertz CT molecular complexity index is 3560. The van der Waals surface area contributed by atoms with Crippen LogP contribution in [-0.4, -0.2) is 11.9 Å². The molecule has 0 aliphatic rings. The highest BCUT2D eigenvalue weighted by molar-refractivity contribution is 7.20. The Morgan fingerprint density at radius 1 is 0.314 bits per heavy atom. The number of alkyl halides is 24. The van der Waals surface area contributed by atoms with Gasteiger partial charge in [0, 0.05) is 17.2 Å². The number of benzene rings is 8. The van der Waals surface area contributed by atoms with Crippen LogP contribution in [0.15, 0.2) is 182 Å². The molecule has 0 radical (unpaired) electrons. The van der Waals surface area contributed by atoms with Crippen molar-refractivity contribution >= 4 is 55.3 Å². The van der Waals surface area contributed by atoms with E-state index in [9.17, 15) is 110 Å². The Kier molecular flexibility index (Phi) is 16.5. The van der Waals surface area contributed by atoms with Gasteiger partial charge in [0.1, 0.15) is 6.15 Å². The van der Waals surface area contributed by atoms with Crippen LogP contribution >= 0.6 is 0 Å². The monoisotopic (exact) mass is 1240 g/mol. The van der Waals surface area contributed by atoms with E-state index >= 15 is 0 Å². The molecule has 1 aromatic heterocycles. The van der Waals surface area contributed by atoms with E-state index < -0.39 is 195 Å². The fourth-order valence-corrected chi connectivity index (χ4v) is 10.0. The number of fused-ring (bicyclic) bond motifs is 2. The van der Waals surface area contributed by atoms with E-state index in [0.717, 1.165) is 32.8 Å². The van der Waals surface area contributed by atoms with Crippen molar-refractivity contribution in [3.05, 3.63) is 243 Å². The van der Waals surface area contributed by atoms with E-state index in [2.05, 4.69) is 28.8 Å². The number of rotatable bonds is 8. The van der Waals surface area contributed by atoms with Gasteiger partial charge in [0.05, 0.1) is 49.9 Å². The van der Waals surface area contributed by atoms with Gasteiger partial charge in [0.2, 0.25) is 0 Å². The standard InChI is InChI=1S/C32H12BF24.C27H20NO/c34-25(35,36)13-1-14(26(37,38)39)6-21(5-13)33(22-7-15(27(40,41)42)2-16(8-22)28(43,44)45,23-9-17(29(46,47)48)3-18(10-23)30(49,50)51)24-11-19(31(52,53)54)4-20(12-24)32(55,56)57;29-27(25-16-8-13-21-11-4-6-14-23(21)25)26-24-15-7-5-12-22(24)17-18-28(26)19-20-9-2-1-3-10-20/h1-12H;1-18H,19H2/q-1;+1. The molecule has 27 heteroatoms. The normalized spacial score (nSPS) is 13.2. The summed E-state index contributed by atoms with van der Waals surface area (Å²) in [6.45, 7) is 0.650. The number of hydrogen-bond donors (Lipinski definition) is 0. The Hall–Kier alpha value is -8.52. The van der Waals surface area contributed by atoms with Crippen molar-refractivity contribution in [2.45, 2.75) is 56.0 Å². The van der Waals surface area contributed by atoms with Gasteiger partial charge >= 0.3 is 49.4 Å². The fourth-order valence-electron chi connectivity index (χ4n) is 10.0. The van der Waals surface area contributed by atoms with Gasteiger partial charge in [-0.3, -0.25) is 4.79 Å². The molecular weight excluding hydrogens is 1210 g/mol. The molecule has 0 unspecified atom stereocenters. The van der Waals surface area contributed by atoms with Crippen molar-refractivity contribution in [3.63, 3.8) is 0 Å². The summed E-state index contributed by atoms with van der Waals surface area (Å²) in [5.41, 5.74) is -27.6. The molecule has 0 bridgehead atoms. The predicted octanol–water partition coefficient (Wildman–Crippen LogP) is 16.8. The van der Waals surface area contributed by atoms with Crippen molar-refractivity contribution in [1.29, 1.82) is 0 Å². The number of hydrogen-bond acceptors (Lipinski definition) is 1. The molecular formula is C59H32BF24NO. The summed E-state index contributed by atoms with van der Waals surface area (Å²) in [6.07, 6.45) is -52.8. The maximum atomic E-state index is 14.2. The van der Waals surface area contributed by atoms with Crippen LogP contribution in [0, 0.1) is 0 Å². The molecule has 0 aliphatic carbocycles. The predicted molar refractivity (Wildman–Crippen MR) is 267 cm³/mol. The second-order valence-electron chi connectivity index (χ2n) is 19.4. The molecule has 0 saturated carbocycles. The number of carbonyl (C=O) groups excluding carboxylic acids is 1. The van der Waals surface area contributed by atoms with Crippen LogP contribution < -0.4 is 26.4 Å². The fraction of sp³-hybridized carbons (Fsp3) is 0.153. The third kappa shape index (κ3) is 13.4. The average molecular weight is 1240 g/mol. The van der Waals surface area contributed by atoms with Gasteiger partial charge in [-0.15, -0.1) is 0 Å².